The van der Waals surface area contributed by atoms with Gasteiger partial charge < -0.3 is 24.9 Å². The van der Waals surface area contributed by atoms with Gasteiger partial charge in [-0.15, -0.1) is 0 Å². The summed E-state index contributed by atoms with van der Waals surface area (Å²) in [5, 5.41) is 10.3. The first-order valence-electron chi connectivity index (χ1n) is 20.2. The summed E-state index contributed by atoms with van der Waals surface area (Å²) in [7, 11) is -8.22. The molecule has 326 valence electrons. The van der Waals surface area contributed by atoms with Gasteiger partial charge in [0.15, 0.2) is 0 Å². The number of hydrogen-bond donors (Lipinski definition) is 3. The lowest BCUT2D eigenvalue weighted by Gasteiger charge is -2.50. The molecule has 6 aromatic rings. The van der Waals surface area contributed by atoms with Gasteiger partial charge >= 0.3 is 6.18 Å². The summed E-state index contributed by atoms with van der Waals surface area (Å²) in [5.74, 6) is -3.20. The lowest BCUT2D eigenvalue weighted by Crippen LogP contribution is -2.63. The molecule has 4 fully saturated rings. The lowest BCUT2D eigenvalue weighted by atomic mass is 9.87. The smallest absolute Gasteiger partial charge is 0.391 e. The third kappa shape index (κ3) is 7.08. The van der Waals surface area contributed by atoms with Crippen molar-refractivity contribution >= 4 is 53.5 Å². The molecule has 10 rings (SSSR count). The number of benzene rings is 2. The maximum atomic E-state index is 14.4. The Balaban J connectivity index is 0.906. The average molecular weight is 897 g/mol. The number of pyridine rings is 2. The largest absolute Gasteiger partial charge is 0.417 e. The van der Waals surface area contributed by atoms with E-state index in [2.05, 4.69) is 19.9 Å². The number of alkyl halides is 5. The van der Waals surface area contributed by atoms with Gasteiger partial charge in [0.2, 0.25) is 20.0 Å². The molecule has 2 atom stereocenters. The van der Waals surface area contributed by atoms with Crippen molar-refractivity contribution in [3.63, 3.8) is 0 Å². The Morgan fingerprint density at radius 1 is 0.742 bits per heavy atom. The summed E-state index contributed by atoms with van der Waals surface area (Å²) in [6.07, 6.45) is -2.10. The van der Waals surface area contributed by atoms with Gasteiger partial charge in [0.1, 0.15) is 0 Å². The topological polar surface area (TPSA) is 159 Å². The van der Waals surface area contributed by atoms with Crippen LogP contribution in [0.1, 0.15) is 30.4 Å². The van der Waals surface area contributed by atoms with Crippen LogP contribution in [0.15, 0.2) is 82.8 Å². The number of sulfonamides is 2. The van der Waals surface area contributed by atoms with Crippen LogP contribution < -0.4 is 9.80 Å². The van der Waals surface area contributed by atoms with Gasteiger partial charge in [0, 0.05) is 92.5 Å². The molecule has 2 aromatic carbocycles. The van der Waals surface area contributed by atoms with Crippen molar-refractivity contribution in [2.24, 2.45) is 5.92 Å². The zero-order valence-electron chi connectivity index (χ0n) is 33.2. The Hall–Kier alpha value is -5.15. The molecule has 0 aliphatic carbocycles. The molecule has 3 N–H and O–H groups in total. The molecule has 8 heterocycles. The minimum absolute atomic E-state index is 0.0264. The fourth-order valence-corrected chi connectivity index (χ4v) is 12.5. The minimum Gasteiger partial charge on any atom is -0.391 e. The maximum Gasteiger partial charge on any atom is 0.417 e. The third-order valence-electron chi connectivity index (χ3n) is 12.6. The molecule has 62 heavy (non-hydrogen) atoms. The SMILES string of the molecule is Cc1cnc2cc(-c3cc(S(=O)(=O)N4CC(C5CCN5S(=O)(=O)c5ccc(N6CC[C@H](O)C6)c(-c6cc7ncc(C(F)(F)F)cc7[nH]6)c5)C4)ccc3N3CCC(F)(F)C3)[nH]c2c1. The summed E-state index contributed by atoms with van der Waals surface area (Å²) in [6.45, 7) is 2.59. The number of aryl methyl sites for hydroxylation is 1. The van der Waals surface area contributed by atoms with E-state index < -0.39 is 56.4 Å². The quantitative estimate of drug-likeness (QED) is 0.136. The Bertz CT molecular complexity index is 2990. The van der Waals surface area contributed by atoms with Crippen LogP contribution in [0.5, 0.6) is 0 Å². The van der Waals surface area contributed by atoms with Gasteiger partial charge in [-0.25, -0.2) is 25.6 Å². The summed E-state index contributed by atoms with van der Waals surface area (Å²) >= 11 is 0. The van der Waals surface area contributed by atoms with E-state index in [1.807, 2.05) is 17.9 Å². The molecular formula is C42H41F5N8O5S2. The second-order valence-corrected chi connectivity index (χ2v) is 20.6. The Morgan fingerprint density at radius 3 is 1.92 bits per heavy atom. The Morgan fingerprint density at radius 2 is 1.35 bits per heavy atom. The molecular weight excluding hydrogens is 856 g/mol. The van der Waals surface area contributed by atoms with Gasteiger partial charge in [-0.05, 0) is 86.0 Å². The highest BCUT2D eigenvalue weighted by Gasteiger charge is 2.50. The van der Waals surface area contributed by atoms with Crippen molar-refractivity contribution in [3.05, 3.63) is 84.2 Å². The van der Waals surface area contributed by atoms with E-state index in [0.29, 0.717) is 64.3 Å². The predicted molar refractivity (Wildman–Crippen MR) is 222 cm³/mol. The van der Waals surface area contributed by atoms with E-state index in [0.717, 1.165) is 17.8 Å². The Kier molecular flexibility index (Phi) is 9.53. The summed E-state index contributed by atoms with van der Waals surface area (Å²) in [6, 6.07) is 14.8. The van der Waals surface area contributed by atoms with Crippen LogP contribution in [0.4, 0.5) is 33.3 Å². The maximum absolute atomic E-state index is 14.4. The number of halogens is 5. The van der Waals surface area contributed by atoms with Crippen molar-refractivity contribution < 1.29 is 43.9 Å². The van der Waals surface area contributed by atoms with Gasteiger partial charge in [0.05, 0.1) is 61.5 Å². The molecule has 13 nitrogen and oxygen atoms in total. The molecule has 4 saturated heterocycles. The molecule has 0 amide bonds. The second-order valence-electron chi connectivity index (χ2n) is 16.8. The molecule has 4 aromatic heterocycles. The zero-order valence-corrected chi connectivity index (χ0v) is 34.8. The molecule has 0 bridgehead atoms. The number of fused-ring (bicyclic) bond motifs is 2. The first kappa shape index (κ1) is 40.9. The number of rotatable bonds is 9. The van der Waals surface area contributed by atoms with E-state index in [9.17, 15) is 43.9 Å². The highest BCUT2D eigenvalue weighted by atomic mass is 32.2. The Labute approximate surface area is 353 Å². The fourth-order valence-electron chi connectivity index (χ4n) is 9.15. The second kappa shape index (κ2) is 14.4. The molecule has 4 aliphatic rings. The van der Waals surface area contributed by atoms with Gasteiger partial charge in [-0.2, -0.15) is 21.8 Å². The number of aromatic nitrogens is 4. The van der Waals surface area contributed by atoms with Crippen molar-refractivity contribution in [2.45, 2.75) is 60.2 Å². The first-order valence-corrected chi connectivity index (χ1v) is 23.1. The van der Waals surface area contributed by atoms with Crippen molar-refractivity contribution in [1.82, 2.24) is 28.5 Å². The van der Waals surface area contributed by atoms with Gasteiger partial charge in [-0.1, -0.05) is 0 Å². The van der Waals surface area contributed by atoms with Crippen LogP contribution in [0, 0.1) is 12.8 Å². The van der Waals surface area contributed by atoms with Crippen LogP contribution in [0.25, 0.3) is 44.6 Å². The van der Waals surface area contributed by atoms with E-state index in [4.69, 9.17) is 0 Å². The average Bonchev–Trinajstić information content (AvgIpc) is 3.99. The van der Waals surface area contributed by atoms with E-state index in [-0.39, 0.29) is 65.9 Å². The highest BCUT2D eigenvalue weighted by molar-refractivity contribution is 7.89. The molecule has 0 spiro atoms. The number of nitrogens with one attached hydrogen (secondary N) is 2. The molecule has 20 heteroatoms. The number of aliphatic hydroxyl groups is 1. The van der Waals surface area contributed by atoms with Gasteiger partial charge in [-0.3, -0.25) is 9.97 Å². The molecule has 0 saturated carbocycles. The lowest BCUT2D eigenvalue weighted by molar-refractivity contribution is -0.137. The monoisotopic (exact) mass is 896 g/mol. The number of anilines is 2. The minimum atomic E-state index is -4.62. The van der Waals surface area contributed by atoms with Gasteiger partial charge in [0.25, 0.3) is 5.92 Å². The molecule has 1 unspecified atom stereocenters. The van der Waals surface area contributed by atoms with Crippen molar-refractivity contribution in [3.8, 4) is 22.5 Å². The summed E-state index contributed by atoms with van der Waals surface area (Å²) < 4.78 is 129. The molecule has 4 aliphatic heterocycles. The number of hydrogen-bond acceptors (Lipinski definition) is 9. The number of aliphatic hydroxyl groups excluding tert-OH is 1. The number of nitrogens with zero attached hydrogens (tertiary/aromatic N) is 6. The highest BCUT2D eigenvalue weighted by Crippen LogP contribution is 2.43. The van der Waals surface area contributed by atoms with E-state index in [1.165, 1.54) is 32.9 Å². The van der Waals surface area contributed by atoms with Crippen LogP contribution in [0.3, 0.4) is 0 Å². The van der Waals surface area contributed by atoms with Crippen molar-refractivity contribution in [1.29, 1.82) is 0 Å². The standard InChI is InChI=1S/C42H41F5N8O5S2/c1-24-12-36-34(48-18-24)16-33(50-36)31-14-28(2-5-40(31)53-11-8-41(43,44)23-53)61(57,58)54-20-25(21-54)38-7-10-55(38)62(59,60)29-3-4-39(52-9-6-27(56)22-52)30(15-29)32-17-35-37(51-32)13-26(19-49-35)42(45,46)47/h2-5,12-19,25,27,38,50-51,56H,6-11,20-23H2,1H3/t27-,38?/m0/s1. The zero-order chi connectivity index (χ0) is 43.5. The number of β-amino-alcohol motifs (C(OH)–C–C–N with tert-alkyl or cyclic N) is 1. The summed E-state index contributed by atoms with van der Waals surface area (Å²) in [5.41, 5.74) is 4.50. The fraction of sp³-hybridized carbons (Fsp3) is 0.381. The van der Waals surface area contributed by atoms with Crippen LogP contribution in [-0.2, 0) is 26.2 Å². The van der Waals surface area contributed by atoms with Crippen LogP contribution in [-0.4, -0.2) is 114 Å². The summed E-state index contributed by atoms with van der Waals surface area (Å²) in [4.78, 5) is 18.1. The molecule has 0 radical (unpaired) electrons. The third-order valence-corrected chi connectivity index (χ3v) is 16.4. The van der Waals surface area contributed by atoms with E-state index in [1.54, 1.807) is 35.4 Å². The van der Waals surface area contributed by atoms with E-state index >= 15 is 0 Å². The normalized spacial score (nSPS) is 21.6. The van der Waals surface area contributed by atoms with Crippen LogP contribution >= 0.6 is 0 Å². The van der Waals surface area contributed by atoms with Crippen molar-refractivity contribution in [2.75, 3.05) is 55.6 Å². The van der Waals surface area contributed by atoms with Crippen LogP contribution in [0.2, 0.25) is 0 Å². The predicted octanol–water partition coefficient (Wildman–Crippen LogP) is 6.60. The number of H-pyrrole nitrogens is 2. The first-order chi connectivity index (χ1) is 29.3. The number of aromatic amines is 2.